The number of anilines is 1. The molecule has 3 rings (SSSR count). The van der Waals surface area contributed by atoms with Gasteiger partial charge in [-0.3, -0.25) is 0 Å². The van der Waals surface area contributed by atoms with E-state index < -0.39 is 12.1 Å². The van der Waals surface area contributed by atoms with Gasteiger partial charge in [-0.15, -0.1) is 0 Å². The maximum Gasteiger partial charge on any atom is 0.319 e. The number of hydrogen-bond donors (Lipinski definition) is 2. The van der Waals surface area contributed by atoms with Gasteiger partial charge in [-0.25, -0.2) is 4.79 Å². The minimum absolute atomic E-state index is 0.294. The Hall–Kier alpha value is -1.38. The van der Waals surface area contributed by atoms with E-state index in [1.54, 1.807) is 24.3 Å². The number of hydrogen-bond acceptors (Lipinski definition) is 5. The van der Waals surface area contributed by atoms with E-state index in [4.69, 9.17) is 30.5 Å². The SMILES string of the molecule is CCCCCCCCCCCCO[C@H]1[C@H]2OC(C)(C)O[C@H]2O[C@H]1CNC(=O)Nc1ccc(Cl)cc1. The molecule has 35 heavy (non-hydrogen) atoms. The van der Waals surface area contributed by atoms with Crippen molar-refractivity contribution in [3.63, 3.8) is 0 Å². The van der Waals surface area contributed by atoms with E-state index in [0.29, 0.717) is 23.9 Å². The highest BCUT2D eigenvalue weighted by atomic mass is 35.5. The third-order valence-corrected chi connectivity index (χ3v) is 6.71. The standard InChI is InChI=1S/C27H43ClN2O5/c1-4-5-6-7-8-9-10-11-12-13-18-32-23-22(33-25-24(23)34-27(2,3)35-25)19-29-26(31)30-21-16-14-20(28)15-17-21/h14-17,22-25H,4-13,18-19H2,1-3H3,(H2,29,30,31)/t22-,23+,24+,25+/m0/s1. The summed E-state index contributed by atoms with van der Waals surface area (Å²) in [6.07, 6.45) is 11.3. The van der Waals surface area contributed by atoms with Crippen molar-refractivity contribution in [1.29, 1.82) is 0 Å². The lowest BCUT2D eigenvalue weighted by Crippen LogP contribution is -2.44. The van der Waals surface area contributed by atoms with Crippen molar-refractivity contribution in [3.05, 3.63) is 29.3 Å². The molecule has 198 valence electrons. The molecule has 7 nitrogen and oxygen atoms in total. The molecule has 2 heterocycles. The van der Waals surface area contributed by atoms with Crippen LogP contribution in [0.25, 0.3) is 0 Å². The molecule has 0 spiro atoms. The first-order valence-electron chi connectivity index (χ1n) is 13.3. The average Bonchev–Trinajstić information content (AvgIpc) is 3.29. The van der Waals surface area contributed by atoms with Crippen molar-refractivity contribution in [2.75, 3.05) is 18.5 Å². The van der Waals surface area contributed by atoms with Gasteiger partial charge in [0.15, 0.2) is 12.1 Å². The van der Waals surface area contributed by atoms with Gasteiger partial charge < -0.3 is 29.6 Å². The van der Waals surface area contributed by atoms with Gasteiger partial charge in [0.25, 0.3) is 0 Å². The Morgan fingerprint density at radius 3 is 2.26 bits per heavy atom. The molecule has 1 aromatic rings. The Morgan fingerprint density at radius 1 is 0.971 bits per heavy atom. The van der Waals surface area contributed by atoms with E-state index in [9.17, 15) is 4.79 Å². The molecule has 0 aliphatic carbocycles. The second-order valence-corrected chi connectivity index (χ2v) is 10.4. The quantitative estimate of drug-likeness (QED) is 0.258. The van der Waals surface area contributed by atoms with Crippen LogP contribution >= 0.6 is 11.6 Å². The molecular weight excluding hydrogens is 468 g/mol. The summed E-state index contributed by atoms with van der Waals surface area (Å²) < 4.78 is 24.3. The lowest BCUT2D eigenvalue weighted by molar-refractivity contribution is -0.217. The Labute approximate surface area is 215 Å². The van der Waals surface area contributed by atoms with Crippen molar-refractivity contribution in [1.82, 2.24) is 5.32 Å². The average molecular weight is 511 g/mol. The fourth-order valence-corrected chi connectivity index (χ4v) is 4.75. The summed E-state index contributed by atoms with van der Waals surface area (Å²) in [5.74, 6) is -0.710. The number of halogens is 1. The molecule has 0 unspecified atom stereocenters. The van der Waals surface area contributed by atoms with Crippen LogP contribution in [-0.4, -0.2) is 49.6 Å². The Bertz CT molecular complexity index is 760. The van der Waals surface area contributed by atoms with Gasteiger partial charge in [-0.1, -0.05) is 76.3 Å². The van der Waals surface area contributed by atoms with Gasteiger partial charge in [0.1, 0.15) is 18.3 Å². The minimum atomic E-state index is -0.710. The van der Waals surface area contributed by atoms with Crippen LogP contribution in [0.2, 0.25) is 5.02 Å². The predicted octanol–water partition coefficient (Wildman–Crippen LogP) is 6.64. The van der Waals surface area contributed by atoms with Crippen molar-refractivity contribution in [2.24, 2.45) is 0 Å². The molecule has 2 fully saturated rings. The summed E-state index contributed by atoms with van der Waals surface area (Å²) in [7, 11) is 0. The van der Waals surface area contributed by atoms with Crippen molar-refractivity contribution < 1.29 is 23.7 Å². The minimum Gasteiger partial charge on any atom is -0.373 e. The third-order valence-electron chi connectivity index (χ3n) is 6.46. The molecule has 0 bridgehead atoms. The normalized spacial score (nSPS) is 24.9. The number of carbonyl (C=O) groups excluding carboxylic acids is 1. The first-order valence-corrected chi connectivity index (χ1v) is 13.7. The second kappa shape index (κ2) is 14.4. The maximum atomic E-state index is 12.4. The molecule has 2 N–H and O–H groups in total. The second-order valence-electron chi connectivity index (χ2n) is 10.0. The number of fused-ring (bicyclic) bond motifs is 1. The molecule has 4 atom stereocenters. The summed E-state index contributed by atoms with van der Waals surface area (Å²) in [6.45, 7) is 6.94. The number of amides is 2. The van der Waals surface area contributed by atoms with Crippen molar-refractivity contribution in [3.8, 4) is 0 Å². The molecular formula is C27H43ClN2O5. The molecule has 8 heteroatoms. The van der Waals surface area contributed by atoms with Crippen molar-refractivity contribution >= 4 is 23.3 Å². The van der Waals surface area contributed by atoms with Crippen LogP contribution in [-0.2, 0) is 18.9 Å². The first-order chi connectivity index (χ1) is 16.9. The Morgan fingerprint density at radius 2 is 1.60 bits per heavy atom. The molecule has 0 radical (unpaired) electrons. The van der Waals surface area contributed by atoms with E-state index in [1.807, 2.05) is 13.8 Å². The third kappa shape index (κ3) is 9.54. The van der Waals surface area contributed by atoms with Crippen LogP contribution < -0.4 is 10.6 Å². The van der Waals surface area contributed by atoms with E-state index in [2.05, 4.69) is 17.6 Å². The molecule has 2 aliphatic heterocycles. The Balaban J connectivity index is 1.37. The number of ether oxygens (including phenoxy) is 4. The summed E-state index contributed by atoms with van der Waals surface area (Å²) in [5.41, 5.74) is 0.665. The molecule has 2 aliphatic rings. The smallest absolute Gasteiger partial charge is 0.319 e. The van der Waals surface area contributed by atoms with Gasteiger partial charge in [0.05, 0.1) is 0 Å². The van der Waals surface area contributed by atoms with E-state index in [0.717, 1.165) is 12.8 Å². The van der Waals surface area contributed by atoms with Crippen molar-refractivity contribution in [2.45, 2.75) is 115 Å². The molecule has 1 aromatic carbocycles. The number of carbonyl (C=O) groups is 1. The predicted molar refractivity (Wildman–Crippen MR) is 139 cm³/mol. The fraction of sp³-hybridized carbons (Fsp3) is 0.741. The van der Waals surface area contributed by atoms with Gasteiger partial charge in [-0.2, -0.15) is 0 Å². The highest BCUT2D eigenvalue weighted by molar-refractivity contribution is 6.30. The number of nitrogens with one attached hydrogen (secondary N) is 2. The maximum absolute atomic E-state index is 12.4. The van der Waals surface area contributed by atoms with Gasteiger partial charge >= 0.3 is 6.03 Å². The zero-order valence-electron chi connectivity index (χ0n) is 21.5. The fourth-order valence-electron chi connectivity index (χ4n) is 4.62. The van der Waals surface area contributed by atoms with E-state index in [-0.39, 0.29) is 24.3 Å². The van der Waals surface area contributed by atoms with Crippen LogP contribution in [0.1, 0.15) is 85.0 Å². The van der Waals surface area contributed by atoms with Crippen LogP contribution in [0.5, 0.6) is 0 Å². The van der Waals surface area contributed by atoms with Gasteiger partial charge in [0, 0.05) is 23.9 Å². The lowest BCUT2D eigenvalue weighted by Gasteiger charge is -2.26. The summed E-state index contributed by atoms with van der Waals surface area (Å²) in [6, 6.07) is 6.64. The molecule has 0 saturated carbocycles. The number of unbranched alkanes of at least 4 members (excludes halogenated alkanes) is 9. The highest BCUT2D eigenvalue weighted by Crippen LogP contribution is 2.38. The first kappa shape index (κ1) is 28.2. The monoisotopic (exact) mass is 510 g/mol. The lowest BCUT2D eigenvalue weighted by atomic mass is 10.1. The topological polar surface area (TPSA) is 78.1 Å². The largest absolute Gasteiger partial charge is 0.373 e. The summed E-state index contributed by atoms with van der Waals surface area (Å²) in [4.78, 5) is 12.4. The van der Waals surface area contributed by atoms with Crippen LogP contribution in [0, 0.1) is 0 Å². The van der Waals surface area contributed by atoms with Gasteiger partial charge in [-0.05, 0) is 44.5 Å². The summed E-state index contributed by atoms with van der Waals surface area (Å²) >= 11 is 5.90. The number of rotatable bonds is 15. The highest BCUT2D eigenvalue weighted by Gasteiger charge is 2.55. The van der Waals surface area contributed by atoms with E-state index in [1.165, 1.54) is 51.4 Å². The Kier molecular flexibility index (Phi) is 11.6. The van der Waals surface area contributed by atoms with Gasteiger partial charge in [0.2, 0.25) is 0 Å². The molecule has 2 amide bonds. The zero-order chi connectivity index (χ0) is 25.1. The number of benzene rings is 1. The van der Waals surface area contributed by atoms with E-state index >= 15 is 0 Å². The van der Waals surface area contributed by atoms with Crippen LogP contribution in [0.3, 0.4) is 0 Å². The molecule has 2 saturated heterocycles. The summed E-state index contributed by atoms with van der Waals surface area (Å²) in [5, 5.41) is 6.28. The zero-order valence-corrected chi connectivity index (χ0v) is 22.3. The number of urea groups is 1. The van der Waals surface area contributed by atoms with Crippen LogP contribution in [0.15, 0.2) is 24.3 Å². The molecule has 0 aromatic heterocycles. The van der Waals surface area contributed by atoms with Crippen LogP contribution in [0.4, 0.5) is 10.5 Å².